The summed E-state index contributed by atoms with van der Waals surface area (Å²) in [6, 6.07) is 5.61. The summed E-state index contributed by atoms with van der Waals surface area (Å²) in [7, 11) is 0. The first-order valence-corrected chi connectivity index (χ1v) is 5.07. The highest BCUT2D eigenvalue weighted by atomic mass is 79.9. The summed E-state index contributed by atoms with van der Waals surface area (Å²) in [4.78, 5) is 0. The second kappa shape index (κ2) is 3.73. The molecule has 0 radical (unpaired) electrons. The van der Waals surface area contributed by atoms with Crippen LogP contribution in [0.25, 0.3) is 11.0 Å². The molecule has 0 bridgehead atoms. The Labute approximate surface area is 89.6 Å². The predicted molar refractivity (Wildman–Crippen MR) is 57.9 cm³/mol. The van der Waals surface area contributed by atoms with Crippen LogP contribution in [0, 0.1) is 0 Å². The molecule has 0 saturated heterocycles. The Morgan fingerprint density at radius 1 is 1.50 bits per heavy atom. The number of para-hydroxylation sites is 1. The van der Waals surface area contributed by atoms with Crippen LogP contribution in [0.4, 0.5) is 0 Å². The van der Waals surface area contributed by atoms with Gasteiger partial charge in [-0.15, -0.1) is 0 Å². The lowest BCUT2D eigenvalue weighted by molar-refractivity contribution is 0.187. The number of furan rings is 1. The summed E-state index contributed by atoms with van der Waals surface area (Å²) >= 11 is 3.37. The van der Waals surface area contributed by atoms with Gasteiger partial charge in [0.2, 0.25) is 0 Å². The number of aliphatic hydroxyl groups excluding tert-OH is 1. The van der Waals surface area contributed by atoms with Crippen LogP contribution in [0.5, 0.6) is 0 Å². The predicted octanol–water partition coefficient (Wildman–Crippen LogP) is 2.19. The third kappa shape index (κ3) is 1.45. The highest BCUT2D eigenvalue weighted by Gasteiger charge is 2.13. The van der Waals surface area contributed by atoms with Gasteiger partial charge in [-0.05, 0) is 22.0 Å². The molecule has 3 nitrogen and oxygen atoms in total. The lowest BCUT2D eigenvalue weighted by atomic mass is 10.1. The minimum Gasteiger partial charge on any atom is -0.463 e. The molecule has 0 aliphatic rings. The van der Waals surface area contributed by atoms with Crippen molar-refractivity contribution in [3.8, 4) is 0 Å². The Morgan fingerprint density at radius 2 is 2.29 bits per heavy atom. The molecule has 0 spiro atoms. The van der Waals surface area contributed by atoms with Crippen LogP contribution >= 0.6 is 15.9 Å². The van der Waals surface area contributed by atoms with E-state index in [0.29, 0.717) is 5.58 Å². The van der Waals surface area contributed by atoms with E-state index in [1.54, 1.807) is 6.26 Å². The fourth-order valence-electron chi connectivity index (χ4n) is 1.44. The molecule has 4 heteroatoms. The molecular formula is C10H10BrNO2. The zero-order valence-electron chi connectivity index (χ0n) is 7.40. The van der Waals surface area contributed by atoms with E-state index in [1.165, 1.54) is 0 Å². The average molecular weight is 256 g/mol. The van der Waals surface area contributed by atoms with Crippen LogP contribution in [0.2, 0.25) is 0 Å². The van der Waals surface area contributed by atoms with E-state index in [0.717, 1.165) is 15.4 Å². The van der Waals surface area contributed by atoms with Gasteiger partial charge in [0.15, 0.2) is 0 Å². The maximum Gasteiger partial charge on any atom is 0.140 e. The summed E-state index contributed by atoms with van der Waals surface area (Å²) in [5.41, 5.74) is 6.82. The van der Waals surface area contributed by atoms with Gasteiger partial charge in [0.1, 0.15) is 11.8 Å². The summed E-state index contributed by atoms with van der Waals surface area (Å²) in [5, 5.41) is 10.6. The third-order valence-electron chi connectivity index (χ3n) is 2.17. The van der Waals surface area contributed by atoms with Crippen molar-refractivity contribution in [3.63, 3.8) is 0 Å². The number of nitrogens with two attached hydrogens (primary N) is 1. The topological polar surface area (TPSA) is 59.4 Å². The maximum absolute atomic E-state index is 9.64. The molecule has 0 fully saturated rings. The Hall–Kier alpha value is -0.840. The van der Waals surface area contributed by atoms with Gasteiger partial charge < -0.3 is 15.3 Å². The van der Waals surface area contributed by atoms with Gasteiger partial charge in [-0.25, -0.2) is 0 Å². The van der Waals surface area contributed by atoms with Gasteiger partial charge in [-0.2, -0.15) is 0 Å². The van der Waals surface area contributed by atoms with E-state index < -0.39 is 6.10 Å². The minimum atomic E-state index is -0.670. The van der Waals surface area contributed by atoms with E-state index in [1.807, 2.05) is 18.2 Å². The largest absolute Gasteiger partial charge is 0.463 e. The van der Waals surface area contributed by atoms with E-state index in [4.69, 9.17) is 10.2 Å². The third-order valence-corrected chi connectivity index (χ3v) is 2.78. The van der Waals surface area contributed by atoms with Crippen molar-refractivity contribution in [3.05, 3.63) is 34.5 Å². The van der Waals surface area contributed by atoms with Crippen molar-refractivity contribution in [2.24, 2.45) is 5.73 Å². The van der Waals surface area contributed by atoms with Gasteiger partial charge in [0, 0.05) is 17.5 Å². The van der Waals surface area contributed by atoms with Crippen molar-refractivity contribution in [2.75, 3.05) is 6.54 Å². The van der Waals surface area contributed by atoms with Crippen molar-refractivity contribution in [1.29, 1.82) is 0 Å². The van der Waals surface area contributed by atoms with Crippen molar-refractivity contribution in [1.82, 2.24) is 0 Å². The molecule has 1 unspecified atom stereocenters. The van der Waals surface area contributed by atoms with Gasteiger partial charge in [-0.1, -0.05) is 12.1 Å². The van der Waals surface area contributed by atoms with Gasteiger partial charge in [0.25, 0.3) is 0 Å². The second-order valence-electron chi connectivity index (χ2n) is 3.06. The van der Waals surface area contributed by atoms with Crippen molar-refractivity contribution in [2.45, 2.75) is 6.10 Å². The molecule has 0 saturated carbocycles. The molecule has 3 N–H and O–H groups in total. The zero-order valence-corrected chi connectivity index (χ0v) is 8.99. The first kappa shape index (κ1) is 9.71. The van der Waals surface area contributed by atoms with Crippen LogP contribution in [0.3, 0.4) is 0 Å². The summed E-state index contributed by atoms with van der Waals surface area (Å²) < 4.78 is 6.23. The molecule has 1 heterocycles. The number of hydrogen-bond acceptors (Lipinski definition) is 3. The fraction of sp³-hybridized carbons (Fsp3) is 0.200. The molecule has 2 aromatic rings. The molecule has 0 aliphatic heterocycles. The van der Waals surface area contributed by atoms with E-state index >= 15 is 0 Å². The lowest BCUT2D eigenvalue weighted by Crippen LogP contribution is -2.11. The first-order valence-electron chi connectivity index (χ1n) is 4.27. The minimum absolute atomic E-state index is 0.192. The molecule has 1 atom stereocenters. The van der Waals surface area contributed by atoms with Gasteiger partial charge in [0.05, 0.1) is 10.6 Å². The number of halogens is 1. The Morgan fingerprint density at radius 3 is 3.00 bits per heavy atom. The van der Waals surface area contributed by atoms with E-state index in [9.17, 15) is 5.11 Å². The molecule has 74 valence electrons. The van der Waals surface area contributed by atoms with Crippen molar-refractivity contribution < 1.29 is 9.52 Å². The Balaban J connectivity index is 2.65. The number of hydrogen-bond donors (Lipinski definition) is 2. The molecule has 0 aliphatic carbocycles. The highest BCUT2D eigenvalue weighted by molar-refractivity contribution is 9.10. The summed E-state index contributed by atoms with van der Waals surface area (Å²) in [5.74, 6) is 0. The smallest absolute Gasteiger partial charge is 0.140 e. The SMILES string of the molecule is NCC(O)c1cccc2c(Br)coc12. The number of fused-ring (bicyclic) bond motifs is 1. The van der Waals surface area contributed by atoms with Crippen molar-refractivity contribution >= 4 is 26.9 Å². The highest BCUT2D eigenvalue weighted by Crippen LogP contribution is 2.30. The normalized spacial score (nSPS) is 13.4. The molecule has 1 aromatic carbocycles. The number of benzene rings is 1. The maximum atomic E-state index is 9.64. The number of aliphatic hydroxyl groups is 1. The van der Waals surface area contributed by atoms with Gasteiger partial charge >= 0.3 is 0 Å². The van der Waals surface area contributed by atoms with Crippen LogP contribution < -0.4 is 5.73 Å². The number of rotatable bonds is 2. The van der Waals surface area contributed by atoms with Crippen LogP contribution in [-0.4, -0.2) is 11.7 Å². The summed E-state index contributed by atoms with van der Waals surface area (Å²) in [6.07, 6.45) is 0.939. The first-order chi connectivity index (χ1) is 6.74. The van der Waals surface area contributed by atoms with Crippen LogP contribution in [-0.2, 0) is 0 Å². The van der Waals surface area contributed by atoms with Crippen LogP contribution in [0.1, 0.15) is 11.7 Å². The van der Waals surface area contributed by atoms with E-state index in [-0.39, 0.29) is 6.54 Å². The summed E-state index contributed by atoms with van der Waals surface area (Å²) in [6.45, 7) is 0.192. The fourth-order valence-corrected chi connectivity index (χ4v) is 1.84. The van der Waals surface area contributed by atoms with E-state index in [2.05, 4.69) is 15.9 Å². The molecule has 1 aromatic heterocycles. The quantitative estimate of drug-likeness (QED) is 0.865. The Bertz CT molecular complexity index is 452. The van der Waals surface area contributed by atoms with Gasteiger partial charge in [-0.3, -0.25) is 0 Å². The standard InChI is InChI=1S/C10H10BrNO2/c11-8-5-14-10-6(8)2-1-3-7(10)9(13)4-12/h1-3,5,9,13H,4,12H2. The zero-order chi connectivity index (χ0) is 10.1. The Kier molecular flexibility index (Phi) is 2.58. The lowest BCUT2D eigenvalue weighted by Gasteiger charge is -2.07. The molecular weight excluding hydrogens is 246 g/mol. The average Bonchev–Trinajstić information content (AvgIpc) is 2.59. The molecule has 14 heavy (non-hydrogen) atoms. The van der Waals surface area contributed by atoms with Crippen LogP contribution in [0.15, 0.2) is 33.4 Å². The molecule has 0 amide bonds. The molecule has 2 rings (SSSR count). The second-order valence-corrected chi connectivity index (χ2v) is 3.91. The monoisotopic (exact) mass is 255 g/mol.